The van der Waals surface area contributed by atoms with Gasteiger partial charge in [0.2, 0.25) is 31.0 Å². The summed E-state index contributed by atoms with van der Waals surface area (Å²) in [5, 5.41) is -0.110. The molecule has 2 aromatic heterocycles. The summed E-state index contributed by atoms with van der Waals surface area (Å²) < 4.78 is 67.9. The van der Waals surface area contributed by atoms with Gasteiger partial charge in [-0.25, -0.2) is 40.5 Å². The minimum Gasteiger partial charge on any atom is -0.318 e. The second-order valence-corrected chi connectivity index (χ2v) is 12.7. The number of aryl methyl sites for hydroxylation is 1. The first-order valence-corrected chi connectivity index (χ1v) is 14.5. The van der Waals surface area contributed by atoms with Crippen LogP contribution in [0.5, 0.6) is 0 Å². The van der Waals surface area contributed by atoms with E-state index in [1.165, 1.54) is 35.9 Å². The van der Waals surface area contributed by atoms with Crippen molar-refractivity contribution in [2.24, 2.45) is 7.05 Å². The van der Waals surface area contributed by atoms with Crippen molar-refractivity contribution in [3.63, 3.8) is 0 Å². The number of nitrogens with zero attached hydrogens (tertiary/aromatic N) is 5. The van der Waals surface area contributed by atoms with E-state index in [1.54, 1.807) is 31.3 Å². The van der Waals surface area contributed by atoms with Gasteiger partial charge in [0, 0.05) is 25.2 Å². The smallest absolute Gasteiger partial charge is 0.239 e. The van der Waals surface area contributed by atoms with Crippen LogP contribution in [-0.4, -0.2) is 49.7 Å². The molecule has 0 radical (unpaired) electrons. The Kier molecular flexibility index (Phi) is 6.60. The molecule has 2 heterocycles. The van der Waals surface area contributed by atoms with Crippen LogP contribution in [0.3, 0.4) is 0 Å². The normalized spacial score (nSPS) is 12.4. The molecule has 12 heteroatoms. The van der Waals surface area contributed by atoms with Gasteiger partial charge in [-0.15, -0.1) is 0 Å². The molecule has 0 spiro atoms. The van der Waals surface area contributed by atoms with Crippen molar-refractivity contribution < 1.29 is 21.2 Å². The largest absolute Gasteiger partial charge is 0.318 e. The first-order chi connectivity index (χ1) is 16.8. The van der Waals surface area contributed by atoms with Crippen LogP contribution >= 0.6 is 0 Å². The van der Waals surface area contributed by atoms with Crippen molar-refractivity contribution in [1.82, 2.24) is 19.5 Å². The third-order valence-corrected chi connectivity index (χ3v) is 8.58. The molecule has 36 heavy (non-hydrogen) atoms. The van der Waals surface area contributed by atoms with Crippen molar-refractivity contribution in [2.45, 2.75) is 30.7 Å². The molecule has 4 rings (SSSR count). The monoisotopic (exact) mass is 531 g/mol. The lowest BCUT2D eigenvalue weighted by atomic mass is 9.99. The van der Waals surface area contributed by atoms with Gasteiger partial charge in [-0.3, -0.25) is 0 Å². The van der Waals surface area contributed by atoms with Gasteiger partial charge in [-0.1, -0.05) is 26.0 Å². The number of sulfonamides is 1. The molecule has 0 saturated heterocycles. The standard InChI is InChI=1S/C24H26FN5O4S2/c1-15(2)21-18(14-36(33,34)24-26-19-8-6-7-9-20(19)29(24)3)22(16-10-12-17(25)13-11-16)28-23(27-21)30(4)35(5,31)32/h6-13,15H,14H2,1-5H3. The topological polar surface area (TPSA) is 115 Å². The fourth-order valence-corrected chi connectivity index (χ4v) is 5.83. The summed E-state index contributed by atoms with van der Waals surface area (Å²) >= 11 is 0. The molecule has 0 unspecified atom stereocenters. The van der Waals surface area contributed by atoms with Crippen LogP contribution < -0.4 is 4.31 Å². The van der Waals surface area contributed by atoms with Crippen molar-refractivity contribution in [1.29, 1.82) is 0 Å². The lowest BCUT2D eigenvalue weighted by Crippen LogP contribution is -2.28. The van der Waals surface area contributed by atoms with E-state index in [9.17, 15) is 21.2 Å². The number of imidazole rings is 1. The number of hydrogen-bond donors (Lipinski definition) is 0. The Morgan fingerprint density at radius 2 is 1.61 bits per heavy atom. The number of anilines is 1. The molecule has 9 nitrogen and oxygen atoms in total. The van der Waals surface area contributed by atoms with Gasteiger partial charge < -0.3 is 4.57 Å². The minimum absolute atomic E-state index is 0.107. The number of halogens is 1. The van der Waals surface area contributed by atoms with E-state index in [0.29, 0.717) is 27.9 Å². The van der Waals surface area contributed by atoms with Gasteiger partial charge in [0.05, 0.1) is 34.4 Å². The molecule has 0 bridgehead atoms. The summed E-state index contributed by atoms with van der Waals surface area (Å²) in [6.45, 7) is 3.65. The molecule has 0 aliphatic carbocycles. The highest BCUT2D eigenvalue weighted by molar-refractivity contribution is 7.92. The molecule has 0 fully saturated rings. The molecule has 0 aliphatic rings. The Hall–Kier alpha value is -3.38. The van der Waals surface area contributed by atoms with Crippen LogP contribution in [-0.2, 0) is 32.7 Å². The second-order valence-electron chi connectivity index (χ2n) is 8.83. The number of hydrogen-bond acceptors (Lipinski definition) is 7. The Balaban J connectivity index is 1.96. The summed E-state index contributed by atoms with van der Waals surface area (Å²) in [6, 6.07) is 12.5. The van der Waals surface area contributed by atoms with Crippen molar-refractivity contribution in [2.75, 3.05) is 17.6 Å². The molecule has 190 valence electrons. The zero-order chi connectivity index (χ0) is 26.4. The van der Waals surface area contributed by atoms with E-state index in [1.807, 2.05) is 13.8 Å². The highest BCUT2D eigenvalue weighted by Crippen LogP contribution is 2.33. The molecule has 0 N–H and O–H groups in total. The second kappa shape index (κ2) is 9.25. The van der Waals surface area contributed by atoms with Crippen LogP contribution in [0.25, 0.3) is 22.3 Å². The van der Waals surface area contributed by atoms with Gasteiger partial charge in [-0.05, 0) is 42.3 Å². The SMILES string of the molecule is CC(C)c1nc(N(C)S(C)(=O)=O)nc(-c2ccc(F)cc2)c1CS(=O)(=O)c1nc2ccccc2n1C. The van der Waals surface area contributed by atoms with Gasteiger partial charge >= 0.3 is 0 Å². The zero-order valence-corrected chi connectivity index (χ0v) is 22.1. The Morgan fingerprint density at radius 3 is 2.19 bits per heavy atom. The lowest BCUT2D eigenvalue weighted by Gasteiger charge is -2.21. The molecule has 0 atom stereocenters. The zero-order valence-electron chi connectivity index (χ0n) is 20.5. The van der Waals surface area contributed by atoms with Crippen molar-refractivity contribution in [3.8, 4) is 11.3 Å². The summed E-state index contributed by atoms with van der Waals surface area (Å²) in [7, 11) is -4.74. The van der Waals surface area contributed by atoms with Crippen LogP contribution in [0, 0.1) is 5.82 Å². The first kappa shape index (κ1) is 25.7. The Morgan fingerprint density at radius 1 is 0.972 bits per heavy atom. The maximum absolute atomic E-state index is 13.7. The van der Waals surface area contributed by atoms with Crippen molar-refractivity contribution in [3.05, 3.63) is 65.6 Å². The van der Waals surface area contributed by atoms with Gasteiger partial charge in [0.1, 0.15) is 5.82 Å². The Bertz CT molecular complexity index is 1660. The van der Waals surface area contributed by atoms with Crippen molar-refractivity contribution >= 4 is 36.8 Å². The minimum atomic E-state index is -4.00. The van der Waals surface area contributed by atoms with E-state index in [-0.39, 0.29) is 22.7 Å². The van der Waals surface area contributed by atoms with E-state index in [2.05, 4.69) is 15.0 Å². The molecular weight excluding hydrogens is 505 g/mol. The summed E-state index contributed by atoms with van der Waals surface area (Å²) in [4.78, 5) is 13.2. The Labute approximate surface area is 209 Å². The van der Waals surface area contributed by atoms with Gasteiger partial charge in [0.25, 0.3) is 0 Å². The van der Waals surface area contributed by atoms with E-state index in [4.69, 9.17) is 0 Å². The average Bonchev–Trinajstić information content (AvgIpc) is 3.16. The van der Waals surface area contributed by atoms with Crippen LogP contribution in [0.15, 0.2) is 53.7 Å². The molecule has 0 amide bonds. The van der Waals surface area contributed by atoms with E-state index >= 15 is 0 Å². The lowest BCUT2D eigenvalue weighted by molar-refractivity contribution is 0.579. The number of fused-ring (bicyclic) bond motifs is 1. The molecule has 0 saturated carbocycles. The maximum Gasteiger partial charge on any atom is 0.239 e. The van der Waals surface area contributed by atoms with Crippen LogP contribution in [0.2, 0.25) is 0 Å². The highest BCUT2D eigenvalue weighted by Gasteiger charge is 2.29. The fraction of sp³-hybridized carbons (Fsp3) is 0.292. The van der Waals surface area contributed by atoms with Gasteiger partial charge in [0.15, 0.2) is 0 Å². The number of para-hydroxylation sites is 2. The van der Waals surface area contributed by atoms with Gasteiger partial charge in [-0.2, -0.15) is 0 Å². The average molecular weight is 532 g/mol. The highest BCUT2D eigenvalue weighted by atomic mass is 32.2. The molecular formula is C24H26FN5O4S2. The third-order valence-electron chi connectivity index (χ3n) is 5.83. The van der Waals surface area contributed by atoms with Crippen LogP contribution in [0.4, 0.5) is 10.3 Å². The molecule has 0 aliphatic heterocycles. The summed E-state index contributed by atoms with van der Waals surface area (Å²) in [5.41, 5.74) is 2.52. The number of benzene rings is 2. The quantitative estimate of drug-likeness (QED) is 0.357. The number of sulfone groups is 1. The maximum atomic E-state index is 13.7. The predicted molar refractivity (Wildman–Crippen MR) is 136 cm³/mol. The third kappa shape index (κ3) is 4.82. The number of rotatable bonds is 7. The van der Waals surface area contributed by atoms with Crippen LogP contribution in [0.1, 0.15) is 31.0 Å². The first-order valence-electron chi connectivity index (χ1n) is 11.0. The summed E-state index contributed by atoms with van der Waals surface area (Å²) in [5.74, 6) is -1.33. The van der Waals surface area contributed by atoms with E-state index < -0.39 is 31.4 Å². The summed E-state index contributed by atoms with van der Waals surface area (Å²) in [6.07, 6.45) is 1.02. The fourth-order valence-electron chi connectivity index (χ4n) is 3.90. The van der Waals surface area contributed by atoms with E-state index in [0.717, 1.165) is 10.6 Å². The number of aromatic nitrogens is 4. The predicted octanol–water partition coefficient (Wildman–Crippen LogP) is 3.66. The molecule has 4 aromatic rings. The molecule has 2 aromatic carbocycles.